The van der Waals surface area contributed by atoms with E-state index in [1.807, 2.05) is 0 Å². The van der Waals surface area contributed by atoms with Gasteiger partial charge in [-0.05, 0) is 39.3 Å². The summed E-state index contributed by atoms with van der Waals surface area (Å²) in [6.45, 7) is 16.2. The second kappa shape index (κ2) is 42.0. The largest absolute Gasteiger partial charge is 0.465 e. The van der Waals surface area contributed by atoms with Crippen molar-refractivity contribution < 1.29 is 23.7 Å². The third-order valence-corrected chi connectivity index (χ3v) is 12.1. The molecule has 1 saturated heterocycles. The van der Waals surface area contributed by atoms with Crippen molar-refractivity contribution in [1.29, 1.82) is 0 Å². The number of rotatable bonds is 45. The van der Waals surface area contributed by atoms with Crippen molar-refractivity contribution in [3.8, 4) is 0 Å². The van der Waals surface area contributed by atoms with Crippen molar-refractivity contribution in [3.05, 3.63) is 0 Å². The van der Waals surface area contributed by atoms with Crippen LogP contribution >= 0.6 is 0 Å². The highest BCUT2D eigenvalue weighted by Gasteiger charge is 2.34. The van der Waals surface area contributed by atoms with Crippen molar-refractivity contribution in [1.82, 2.24) is 9.80 Å². The zero-order valence-corrected chi connectivity index (χ0v) is 39.0. The van der Waals surface area contributed by atoms with Crippen LogP contribution in [0.3, 0.4) is 0 Å². The lowest BCUT2D eigenvalue weighted by molar-refractivity contribution is -0.156. The van der Waals surface area contributed by atoms with Crippen LogP contribution in [0.5, 0.6) is 0 Å². The number of hydrogen-bond donors (Lipinski definition) is 0. The molecule has 0 N–H and O–H groups in total. The van der Waals surface area contributed by atoms with Gasteiger partial charge in [0.1, 0.15) is 6.61 Å². The van der Waals surface area contributed by atoms with Crippen LogP contribution < -0.4 is 0 Å². The predicted molar refractivity (Wildman–Crippen MR) is 245 cm³/mol. The van der Waals surface area contributed by atoms with Crippen LogP contribution in [0.15, 0.2) is 0 Å². The Kier molecular flexibility index (Phi) is 40.0. The first-order valence-electron chi connectivity index (χ1n) is 25.3. The molecule has 0 aromatic carbocycles. The SMILES string of the molecule is CCCCCCCCCCCCOCC(COCCCCCCCCCCCC)(COCCCCCCCCCCCC)COC(=O)CCCN1CCN(C)CC1. The van der Waals surface area contributed by atoms with E-state index < -0.39 is 5.41 Å². The Labute approximate surface area is 356 Å². The number of carbonyl (C=O) groups is 1. The maximum Gasteiger partial charge on any atom is 0.305 e. The van der Waals surface area contributed by atoms with Gasteiger partial charge in [0.15, 0.2) is 0 Å². The fourth-order valence-corrected chi connectivity index (χ4v) is 8.01. The fourth-order valence-electron chi connectivity index (χ4n) is 8.01. The molecule has 1 aliphatic rings. The van der Waals surface area contributed by atoms with Gasteiger partial charge in [-0.2, -0.15) is 0 Å². The van der Waals surface area contributed by atoms with Crippen LogP contribution in [0.25, 0.3) is 0 Å². The first-order valence-corrected chi connectivity index (χ1v) is 25.3. The average Bonchev–Trinajstić information content (AvgIpc) is 3.22. The average molecular weight is 809 g/mol. The summed E-state index contributed by atoms with van der Waals surface area (Å²) in [6, 6.07) is 0. The Bertz CT molecular complexity index is 751. The maximum atomic E-state index is 13.1. The summed E-state index contributed by atoms with van der Waals surface area (Å²) in [5.41, 5.74) is -0.484. The molecule has 1 rings (SSSR count). The Hall–Kier alpha value is -0.730. The molecule has 0 bridgehead atoms. The number of esters is 1. The minimum atomic E-state index is -0.484. The van der Waals surface area contributed by atoms with E-state index in [1.54, 1.807) is 0 Å². The molecule has 1 heterocycles. The molecule has 0 aromatic heterocycles. The van der Waals surface area contributed by atoms with E-state index in [2.05, 4.69) is 37.6 Å². The summed E-state index contributed by atoms with van der Waals surface area (Å²) in [6.07, 6.45) is 40.7. The standard InChI is InChI=1S/C50H100N2O5/c1-5-8-11-14-17-20-23-26-29-32-42-54-45-50(46-55-43-33-30-27-24-21-18-15-12-9-6-2,47-56-44-34-31-28-25-22-19-16-13-10-7-3)48-57-49(53)36-35-37-52-40-38-51(4)39-41-52/h5-48H2,1-4H3. The van der Waals surface area contributed by atoms with Crippen molar-refractivity contribution >= 4 is 5.97 Å². The molecule has 340 valence electrons. The van der Waals surface area contributed by atoms with E-state index in [0.29, 0.717) is 32.8 Å². The monoisotopic (exact) mass is 809 g/mol. The van der Waals surface area contributed by atoms with Gasteiger partial charge < -0.3 is 28.7 Å². The van der Waals surface area contributed by atoms with Gasteiger partial charge in [-0.25, -0.2) is 0 Å². The summed E-state index contributed by atoms with van der Waals surface area (Å²) in [7, 11) is 2.18. The zero-order chi connectivity index (χ0) is 41.2. The number of hydrogen-bond acceptors (Lipinski definition) is 7. The van der Waals surface area contributed by atoms with Gasteiger partial charge in [0, 0.05) is 52.4 Å². The third kappa shape index (κ3) is 35.7. The van der Waals surface area contributed by atoms with Gasteiger partial charge in [0.05, 0.1) is 25.2 Å². The lowest BCUT2D eigenvalue weighted by Crippen LogP contribution is -2.44. The summed E-state index contributed by atoms with van der Waals surface area (Å²) in [4.78, 5) is 18.0. The number of likely N-dealkylation sites (N-methyl/N-ethyl adjacent to an activating group) is 1. The first kappa shape index (κ1) is 54.3. The molecule has 0 spiro atoms. The Morgan fingerprint density at radius 1 is 0.421 bits per heavy atom. The topological polar surface area (TPSA) is 60.5 Å². The molecule has 0 aromatic rings. The second-order valence-corrected chi connectivity index (χ2v) is 18.1. The summed E-state index contributed by atoms with van der Waals surface area (Å²) in [5.74, 6) is -0.104. The molecular formula is C50H100N2O5. The van der Waals surface area contributed by atoms with Crippen LogP contribution in [0, 0.1) is 5.41 Å². The normalized spacial score (nSPS) is 14.2. The molecule has 0 amide bonds. The van der Waals surface area contributed by atoms with Gasteiger partial charge >= 0.3 is 5.97 Å². The van der Waals surface area contributed by atoms with Crippen molar-refractivity contribution in [2.75, 3.05) is 86.0 Å². The molecule has 0 saturated carbocycles. The predicted octanol–water partition coefficient (Wildman–Crippen LogP) is 13.4. The number of piperazine rings is 1. The van der Waals surface area contributed by atoms with Crippen LogP contribution in [-0.4, -0.2) is 102 Å². The molecule has 0 aliphatic carbocycles. The number of ether oxygens (including phenoxy) is 4. The van der Waals surface area contributed by atoms with Gasteiger partial charge in [-0.1, -0.05) is 194 Å². The van der Waals surface area contributed by atoms with Crippen molar-refractivity contribution in [3.63, 3.8) is 0 Å². The Morgan fingerprint density at radius 2 is 0.737 bits per heavy atom. The lowest BCUT2D eigenvalue weighted by Gasteiger charge is -2.33. The summed E-state index contributed by atoms with van der Waals surface area (Å²) < 4.78 is 25.4. The molecular weight excluding hydrogens is 709 g/mol. The molecule has 1 fully saturated rings. The highest BCUT2D eigenvalue weighted by Crippen LogP contribution is 2.23. The van der Waals surface area contributed by atoms with Gasteiger partial charge in [0.25, 0.3) is 0 Å². The number of nitrogens with zero attached hydrogens (tertiary/aromatic N) is 2. The van der Waals surface area contributed by atoms with Crippen molar-refractivity contribution in [2.24, 2.45) is 5.41 Å². The summed E-state index contributed by atoms with van der Waals surface area (Å²) in [5, 5.41) is 0. The minimum absolute atomic E-state index is 0.104. The van der Waals surface area contributed by atoms with E-state index in [4.69, 9.17) is 18.9 Å². The molecule has 0 atom stereocenters. The number of carbonyl (C=O) groups excluding carboxylic acids is 1. The van der Waals surface area contributed by atoms with Gasteiger partial charge in [0.2, 0.25) is 0 Å². The maximum absolute atomic E-state index is 13.1. The van der Waals surface area contributed by atoms with E-state index in [9.17, 15) is 4.79 Å². The molecule has 7 heteroatoms. The van der Waals surface area contributed by atoms with Crippen LogP contribution in [0.2, 0.25) is 0 Å². The van der Waals surface area contributed by atoms with E-state index in [1.165, 1.54) is 173 Å². The van der Waals surface area contributed by atoms with Gasteiger partial charge in [-0.3, -0.25) is 4.79 Å². The summed E-state index contributed by atoms with van der Waals surface area (Å²) >= 11 is 0. The van der Waals surface area contributed by atoms with Crippen LogP contribution in [-0.2, 0) is 23.7 Å². The van der Waals surface area contributed by atoms with E-state index in [0.717, 1.165) is 78.2 Å². The lowest BCUT2D eigenvalue weighted by atomic mass is 9.92. The highest BCUT2D eigenvalue weighted by atomic mass is 16.5. The molecule has 0 radical (unpaired) electrons. The smallest absolute Gasteiger partial charge is 0.305 e. The molecule has 0 unspecified atom stereocenters. The van der Waals surface area contributed by atoms with E-state index >= 15 is 0 Å². The van der Waals surface area contributed by atoms with Crippen LogP contribution in [0.1, 0.15) is 226 Å². The quantitative estimate of drug-likeness (QED) is 0.0448. The van der Waals surface area contributed by atoms with E-state index in [-0.39, 0.29) is 5.97 Å². The second-order valence-electron chi connectivity index (χ2n) is 18.1. The molecule has 57 heavy (non-hydrogen) atoms. The van der Waals surface area contributed by atoms with Crippen LogP contribution in [0.4, 0.5) is 0 Å². The van der Waals surface area contributed by atoms with Crippen molar-refractivity contribution in [2.45, 2.75) is 226 Å². The fraction of sp³-hybridized carbons (Fsp3) is 0.980. The zero-order valence-electron chi connectivity index (χ0n) is 39.0. The number of unbranched alkanes of at least 4 members (excludes halogenated alkanes) is 27. The Balaban J connectivity index is 2.65. The third-order valence-electron chi connectivity index (χ3n) is 12.1. The molecule has 1 aliphatic heterocycles. The first-order chi connectivity index (χ1) is 28.0. The Morgan fingerprint density at radius 3 is 1.07 bits per heavy atom. The highest BCUT2D eigenvalue weighted by molar-refractivity contribution is 5.69. The van der Waals surface area contributed by atoms with Gasteiger partial charge in [-0.15, -0.1) is 0 Å². The minimum Gasteiger partial charge on any atom is -0.465 e. The molecule has 7 nitrogen and oxygen atoms in total.